The van der Waals surface area contributed by atoms with Crippen molar-refractivity contribution >= 4 is 5.82 Å². The average molecular weight is 241 g/mol. The van der Waals surface area contributed by atoms with Crippen molar-refractivity contribution < 1.29 is 0 Å². The summed E-state index contributed by atoms with van der Waals surface area (Å²) in [5.41, 5.74) is 3.77. The van der Waals surface area contributed by atoms with Crippen LogP contribution in [0.1, 0.15) is 25.3 Å². The Morgan fingerprint density at radius 1 is 1.22 bits per heavy atom. The van der Waals surface area contributed by atoms with Crippen LogP contribution < -0.4 is 5.32 Å². The highest BCUT2D eigenvalue weighted by atomic mass is 15.3. The molecule has 1 aliphatic rings. The third-order valence-electron chi connectivity index (χ3n) is 3.54. The maximum absolute atomic E-state index is 4.78. The highest BCUT2D eigenvalue weighted by Crippen LogP contribution is 2.31. The molecule has 0 spiro atoms. The van der Waals surface area contributed by atoms with Crippen LogP contribution in [0.15, 0.2) is 30.3 Å². The zero-order valence-corrected chi connectivity index (χ0v) is 10.8. The zero-order chi connectivity index (χ0) is 12.4. The van der Waals surface area contributed by atoms with Gasteiger partial charge in [-0.1, -0.05) is 30.3 Å². The minimum absolute atomic E-state index is 0.919. The first kappa shape index (κ1) is 11.3. The summed E-state index contributed by atoms with van der Waals surface area (Å²) in [6, 6.07) is 10.5. The number of aromatic nitrogens is 2. The summed E-state index contributed by atoms with van der Waals surface area (Å²) in [6.07, 6.45) is 3.62. The Hall–Kier alpha value is -1.77. The minimum Gasteiger partial charge on any atom is -0.370 e. The first-order valence-electron chi connectivity index (χ1n) is 6.79. The van der Waals surface area contributed by atoms with Gasteiger partial charge in [-0.25, -0.2) is 4.68 Å². The van der Waals surface area contributed by atoms with Crippen LogP contribution in [0.25, 0.3) is 11.3 Å². The maximum Gasteiger partial charge on any atom is 0.128 e. The van der Waals surface area contributed by atoms with Gasteiger partial charge >= 0.3 is 0 Å². The monoisotopic (exact) mass is 241 g/mol. The van der Waals surface area contributed by atoms with Crippen LogP contribution in [0.5, 0.6) is 0 Å². The number of anilines is 1. The molecular weight excluding hydrogens is 222 g/mol. The Kier molecular flexibility index (Phi) is 3.05. The molecule has 0 saturated carbocycles. The number of nitrogens with zero attached hydrogens (tertiary/aromatic N) is 2. The van der Waals surface area contributed by atoms with Gasteiger partial charge in [-0.3, -0.25) is 0 Å². The Balaban J connectivity index is 2.12. The number of hydrogen-bond donors (Lipinski definition) is 1. The Bertz CT molecular complexity index is 528. The molecule has 3 heteroatoms. The molecule has 18 heavy (non-hydrogen) atoms. The van der Waals surface area contributed by atoms with Crippen LogP contribution >= 0.6 is 0 Å². The number of rotatable bonds is 2. The lowest BCUT2D eigenvalue weighted by Crippen LogP contribution is -2.07. The van der Waals surface area contributed by atoms with Gasteiger partial charge in [0.25, 0.3) is 0 Å². The smallest absolute Gasteiger partial charge is 0.128 e. The van der Waals surface area contributed by atoms with E-state index in [1.165, 1.54) is 29.8 Å². The predicted octanol–water partition coefficient (Wildman–Crippen LogP) is 3.32. The van der Waals surface area contributed by atoms with E-state index >= 15 is 0 Å². The highest BCUT2D eigenvalue weighted by molar-refractivity contribution is 5.69. The minimum atomic E-state index is 0.919. The van der Waals surface area contributed by atoms with Gasteiger partial charge in [-0.05, 0) is 26.2 Å². The molecule has 0 aliphatic carbocycles. The molecule has 3 rings (SSSR count). The van der Waals surface area contributed by atoms with Crippen molar-refractivity contribution in [2.75, 3.05) is 11.9 Å². The molecule has 1 N–H and O–H groups in total. The van der Waals surface area contributed by atoms with Gasteiger partial charge < -0.3 is 5.32 Å². The number of nitrogens with one attached hydrogen (secondary N) is 1. The number of hydrogen-bond acceptors (Lipinski definition) is 2. The Labute approximate surface area is 108 Å². The van der Waals surface area contributed by atoms with Crippen molar-refractivity contribution in [2.45, 2.75) is 32.7 Å². The van der Waals surface area contributed by atoms with Crippen LogP contribution in [0.2, 0.25) is 0 Å². The van der Waals surface area contributed by atoms with E-state index in [0.29, 0.717) is 0 Å². The van der Waals surface area contributed by atoms with Gasteiger partial charge in [-0.2, -0.15) is 5.10 Å². The number of fused-ring (bicyclic) bond motifs is 1. The second-order valence-corrected chi connectivity index (χ2v) is 4.74. The first-order valence-corrected chi connectivity index (χ1v) is 6.79. The summed E-state index contributed by atoms with van der Waals surface area (Å²) < 4.78 is 2.10. The van der Waals surface area contributed by atoms with E-state index in [0.717, 1.165) is 25.2 Å². The Morgan fingerprint density at radius 3 is 2.83 bits per heavy atom. The van der Waals surface area contributed by atoms with Gasteiger partial charge in [0.15, 0.2) is 0 Å². The molecule has 1 aromatic heterocycles. The largest absolute Gasteiger partial charge is 0.370 e. The molecule has 2 aromatic rings. The lowest BCUT2D eigenvalue weighted by atomic mass is 10.0. The molecule has 94 valence electrons. The van der Waals surface area contributed by atoms with Crippen LogP contribution in [-0.4, -0.2) is 16.3 Å². The van der Waals surface area contributed by atoms with Crippen molar-refractivity contribution in [3.8, 4) is 11.3 Å². The highest BCUT2D eigenvalue weighted by Gasteiger charge is 2.19. The van der Waals surface area contributed by atoms with Crippen molar-refractivity contribution in [1.82, 2.24) is 9.78 Å². The van der Waals surface area contributed by atoms with E-state index in [4.69, 9.17) is 5.10 Å². The summed E-state index contributed by atoms with van der Waals surface area (Å²) >= 11 is 0. The molecular formula is C15H19N3. The standard InChI is InChI=1S/C15H19N3/c1-2-18-15-13(10-6-7-11-16-15)14(17-18)12-8-4-3-5-9-12/h3-5,8-9,16H,2,6-7,10-11H2,1H3. The molecule has 0 atom stereocenters. The quantitative estimate of drug-likeness (QED) is 0.874. The molecule has 1 aliphatic heterocycles. The second kappa shape index (κ2) is 4.84. The summed E-state index contributed by atoms with van der Waals surface area (Å²) in [7, 11) is 0. The SMILES string of the molecule is CCn1nc(-c2ccccc2)c2c1NCCCC2. The zero-order valence-electron chi connectivity index (χ0n) is 10.8. The summed E-state index contributed by atoms with van der Waals surface area (Å²) in [4.78, 5) is 0. The lowest BCUT2D eigenvalue weighted by Gasteiger charge is -2.06. The molecule has 0 saturated heterocycles. The summed E-state index contributed by atoms with van der Waals surface area (Å²) in [6.45, 7) is 4.13. The molecule has 1 aromatic carbocycles. The fourth-order valence-electron chi connectivity index (χ4n) is 2.62. The normalized spacial score (nSPS) is 14.7. The van der Waals surface area contributed by atoms with Gasteiger partial charge in [0.1, 0.15) is 5.82 Å². The van der Waals surface area contributed by atoms with E-state index in [1.54, 1.807) is 0 Å². The van der Waals surface area contributed by atoms with Gasteiger partial charge in [0, 0.05) is 24.2 Å². The van der Waals surface area contributed by atoms with Gasteiger partial charge in [0.2, 0.25) is 0 Å². The summed E-state index contributed by atoms with van der Waals surface area (Å²) in [5.74, 6) is 1.23. The lowest BCUT2D eigenvalue weighted by molar-refractivity contribution is 0.665. The van der Waals surface area contributed by atoms with Gasteiger partial charge in [-0.15, -0.1) is 0 Å². The van der Waals surface area contributed by atoms with Crippen molar-refractivity contribution in [3.05, 3.63) is 35.9 Å². The second-order valence-electron chi connectivity index (χ2n) is 4.74. The van der Waals surface area contributed by atoms with Crippen LogP contribution in [0.4, 0.5) is 5.82 Å². The molecule has 0 bridgehead atoms. The van der Waals surface area contributed by atoms with Crippen LogP contribution in [0, 0.1) is 0 Å². The molecule has 3 nitrogen and oxygen atoms in total. The maximum atomic E-state index is 4.78. The van der Waals surface area contributed by atoms with E-state index in [-0.39, 0.29) is 0 Å². The number of aryl methyl sites for hydroxylation is 1. The van der Waals surface area contributed by atoms with E-state index < -0.39 is 0 Å². The summed E-state index contributed by atoms with van der Waals surface area (Å²) in [5, 5.41) is 8.31. The van der Waals surface area contributed by atoms with E-state index in [9.17, 15) is 0 Å². The number of benzene rings is 1. The predicted molar refractivity (Wildman–Crippen MR) is 74.8 cm³/mol. The molecule has 2 heterocycles. The third-order valence-corrected chi connectivity index (χ3v) is 3.54. The third kappa shape index (κ3) is 1.90. The van der Waals surface area contributed by atoms with Crippen LogP contribution in [0.3, 0.4) is 0 Å². The molecule has 0 radical (unpaired) electrons. The van der Waals surface area contributed by atoms with Crippen molar-refractivity contribution in [1.29, 1.82) is 0 Å². The Morgan fingerprint density at radius 2 is 2.06 bits per heavy atom. The van der Waals surface area contributed by atoms with Crippen molar-refractivity contribution in [2.24, 2.45) is 0 Å². The molecule has 0 amide bonds. The van der Waals surface area contributed by atoms with E-state index in [2.05, 4.69) is 47.3 Å². The van der Waals surface area contributed by atoms with Crippen LogP contribution in [-0.2, 0) is 13.0 Å². The average Bonchev–Trinajstić information content (AvgIpc) is 2.61. The van der Waals surface area contributed by atoms with Gasteiger partial charge in [0.05, 0.1) is 5.69 Å². The molecule has 0 fully saturated rings. The molecule has 0 unspecified atom stereocenters. The topological polar surface area (TPSA) is 29.9 Å². The van der Waals surface area contributed by atoms with Crippen molar-refractivity contribution in [3.63, 3.8) is 0 Å². The fraction of sp³-hybridized carbons (Fsp3) is 0.400. The first-order chi connectivity index (χ1) is 8.90. The fourth-order valence-corrected chi connectivity index (χ4v) is 2.62. The van der Waals surface area contributed by atoms with E-state index in [1.807, 2.05) is 0 Å².